The zero-order chi connectivity index (χ0) is 41.8. The first-order chi connectivity index (χ1) is 29.0. The van der Waals surface area contributed by atoms with Gasteiger partial charge in [-0.2, -0.15) is 5.10 Å². The van der Waals surface area contributed by atoms with Crippen molar-refractivity contribution in [2.45, 2.75) is 97.2 Å². The van der Waals surface area contributed by atoms with E-state index < -0.39 is 0 Å². The highest BCUT2D eigenvalue weighted by Crippen LogP contribution is 2.63. The van der Waals surface area contributed by atoms with Gasteiger partial charge in [0.05, 0.1) is 23.9 Å². The molecule has 316 valence electrons. The number of hydrogen-bond donors (Lipinski definition) is 3. The van der Waals surface area contributed by atoms with E-state index >= 15 is 0 Å². The van der Waals surface area contributed by atoms with Crippen LogP contribution in [0, 0.1) is 17.8 Å². The summed E-state index contributed by atoms with van der Waals surface area (Å²) in [6.45, 7) is 8.64. The Morgan fingerprint density at radius 3 is 2.57 bits per heavy atom. The highest BCUT2D eigenvalue weighted by atomic mass is 16.5. The summed E-state index contributed by atoms with van der Waals surface area (Å²) in [7, 11) is 3.45. The summed E-state index contributed by atoms with van der Waals surface area (Å²) in [5.41, 5.74) is 9.18. The first-order valence-corrected chi connectivity index (χ1v) is 21.7. The van der Waals surface area contributed by atoms with Crippen molar-refractivity contribution in [3.63, 3.8) is 0 Å². The van der Waals surface area contributed by atoms with Crippen molar-refractivity contribution >= 4 is 35.1 Å². The normalized spacial score (nSPS) is 22.9. The van der Waals surface area contributed by atoms with Gasteiger partial charge in [-0.15, -0.1) is 0 Å². The van der Waals surface area contributed by atoms with Crippen molar-refractivity contribution in [2.75, 3.05) is 50.1 Å². The molecule has 5 heterocycles. The number of anilines is 2. The Morgan fingerprint density at radius 1 is 0.967 bits per heavy atom. The van der Waals surface area contributed by atoms with Crippen LogP contribution in [0.1, 0.15) is 114 Å². The van der Waals surface area contributed by atoms with Gasteiger partial charge in [0, 0.05) is 82.8 Å². The van der Waals surface area contributed by atoms with Gasteiger partial charge in [-0.1, -0.05) is 24.3 Å². The van der Waals surface area contributed by atoms with E-state index in [1.54, 1.807) is 0 Å². The summed E-state index contributed by atoms with van der Waals surface area (Å²) in [5.74, 6) is -0.0272. The highest BCUT2D eigenvalue weighted by Gasteiger charge is 2.58. The number of aromatic nitrogens is 4. The maximum atomic E-state index is 14.1. The van der Waals surface area contributed by atoms with Crippen LogP contribution in [0.25, 0.3) is 11.1 Å². The number of amides is 3. The standard InChI is InChI=1S/C46H57N9O5/c1-29-31(32-9-6-12-38-33(32)13-24-54(38)43(58)36-26-40-35(11-7-22-55(40)51-36)48-21-20-47-30(2)56)8-5-10-34(29)50-42(57)41-49-37-27-53(23-14-39(37)52(41)3)25-19-45-15-17-46(28-45,18-16-45)44(59)60-4/h5-6,8-10,12,26,35,48H,7,11,13-25,27-28H2,1-4H3,(H,47,56)(H,50,57). The number of imidazole rings is 1. The second kappa shape index (κ2) is 15.9. The molecule has 2 bridgehead atoms. The Hall–Kier alpha value is -5.34. The monoisotopic (exact) mass is 815 g/mol. The van der Waals surface area contributed by atoms with Crippen molar-refractivity contribution < 1.29 is 23.9 Å². The average Bonchev–Trinajstić information content (AvgIpc) is 4.10. The number of esters is 1. The van der Waals surface area contributed by atoms with Crippen LogP contribution < -0.4 is 20.9 Å². The zero-order valence-corrected chi connectivity index (χ0v) is 35.4. The number of ether oxygens (including phenoxy) is 1. The maximum absolute atomic E-state index is 14.1. The van der Waals surface area contributed by atoms with E-state index in [1.165, 1.54) is 14.0 Å². The van der Waals surface area contributed by atoms with Crippen molar-refractivity contribution in [3.05, 3.63) is 82.2 Å². The lowest BCUT2D eigenvalue weighted by Crippen LogP contribution is -2.34. The van der Waals surface area contributed by atoms with Gasteiger partial charge in [0.1, 0.15) is 0 Å². The van der Waals surface area contributed by atoms with Crippen LogP contribution in [0.15, 0.2) is 42.5 Å². The van der Waals surface area contributed by atoms with E-state index in [-0.39, 0.29) is 40.6 Å². The molecule has 0 spiro atoms. The summed E-state index contributed by atoms with van der Waals surface area (Å²) in [6, 6.07) is 14.1. The van der Waals surface area contributed by atoms with Crippen LogP contribution in [0.2, 0.25) is 0 Å². The summed E-state index contributed by atoms with van der Waals surface area (Å²) in [4.78, 5) is 61.1. The van der Waals surface area contributed by atoms with Crippen LogP contribution in [0.3, 0.4) is 0 Å². The zero-order valence-electron chi connectivity index (χ0n) is 35.4. The Labute approximate surface area is 351 Å². The van der Waals surface area contributed by atoms with Crippen molar-refractivity contribution in [2.24, 2.45) is 17.9 Å². The molecule has 1 unspecified atom stereocenters. The molecule has 0 saturated heterocycles. The van der Waals surface area contributed by atoms with Crippen LogP contribution in [0.5, 0.6) is 0 Å². The van der Waals surface area contributed by atoms with Crippen molar-refractivity contribution in [3.8, 4) is 11.1 Å². The molecule has 2 fully saturated rings. The Morgan fingerprint density at radius 2 is 1.77 bits per heavy atom. The van der Waals surface area contributed by atoms with Gasteiger partial charge in [-0.25, -0.2) is 4.98 Å². The molecular formula is C46H57N9O5. The van der Waals surface area contributed by atoms with Crippen LogP contribution in [-0.4, -0.2) is 87.8 Å². The number of nitrogens with zero attached hydrogens (tertiary/aromatic N) is 6. The van der Waals surface area contributed by atoms with E-state index in [9.17, 15) is 19.2 Å². The molecule has 3 amide bonds. The molecule has 2 aromatic carbocycles. The quantitative estimate of drug-likeness (QED) is 0.125. The first-order valence-electron chi connectivity index (χ1n) is 21.7. The molecule has 4 aromatic rings. The average molecular weight is 816 g/mol. The van der Waals surface area contributed by atoms with E-state index in [0.717, 1.165) is 128 Å². The molecule has 9 rings (SSSR count). The topological polar surface area (TPSA) is 156 Å². The molecule has 1 atom stereocenters. The molecule has 60 heavy (non-hydrogen) atoms. The molecule has 3 aliphatic heterocycles. The van der Waals surface area contributed by atoms with Crippen LogP contribution in [0.4, 0.5) is 11.4 Å². The van der Waals surface area contributed by atoms with Crippen LogP contribution in [-0.2, 0) is 47.3 Å². The number of carbonyl (C=O) groups is 4. The molecule has 2 aromatic heterocycles. The lowest BCUT2D eigenvalue weighted by molar-refractivity contribution is -0.152. The fraction of sp³-hybridized carbons (Fsp3) is 0.522. The molecule has 2 saturated carbocycles. The van der Waals surface area contributed by atoms with E-state index in [2.05, 4.69) is 33.0 Å². The molecule has 0 radical (unpaired) electrons. The largest absolute Gasteiger partial charge is 0.469 e. The second-order valence-electron chi connectivity index (χ2n) is 17.9. The van der Waals surface area contributed by atoms with E-state index in [0.29, 0.717) is 44.1 Å². The van der Waals surface area contributed by atoms with Gasteiger partial charge in [-0.05, 0) is 117 Å². The number of carbonyl (C=O) groups excluding carboxylic acids is 4. The molecule has 5 aliphatic rings. The molecule has 14 heteroatoms. The number of fused-ring (bicyclic) bond motifs is 5. The van der Waals surface area contributed by atoms with Gasteiger partial charge >= 0.3 is 5.97 Å². The minimum atomic E-state index is -0.267. The molecule has 2 aliphatic carbocycles. The van der Waals surface area contributed by atoms with E-state index in [1.807, 2.05) is 58.5 Å². The van der Waals surface area contributed by atoms with Gasteiger partial charge < -0.3 is 30.2 Å². The number of methoxy groups -OCH3 is 1. The molecule has 3 N–H and O–H groups in total. The molecular weight excluding hydrogens is 759 g/mol. The summed E-state index contributed by atoms with van der Waals surface area (Å²) in [5, 5.41) is 14.3. The fourth-order valence-electron chi connectivity index (χ4n) is 11.1. The summed E-state index contributed by atoms with van der Waals surface area (Å²) < 4.78 is 9.09. The van der Waals surface area contributed by atoms with Gasteiger partial charge in [-0.3, -0.25) is 28.8 Å². The third kappa shape index (κ3) is 7.21. The Bertz CT molecular complexity index is 2350. The minimum Gasteiger partial charge on any atom is -0.469 e. The third-order valence-electron chi connectivity index (χ3n) is 14.4. The molecule has 14 nitrogen and oxygen atoms in total. The first kappa shape index (κ1) is 40.1. The Balaban J connectivity index is 0.866. The number of rotatable bonds is 12. The number of hydrogen-bond acceptors (Lipinski definition) is 9. The lowest BCUT2D eigenvalue weighted by atomic mass is 9.80. The van der Waals surface area contributed by atoms with Gasteiger partial charge in [0.15, 0.2) is 11.5 Å². The number of nitrogens with one attached hydrogen (secondary N) is 3. The lowest BCUT2D eigenvalue weighted by Gasteiger charge is -2.32. The summed E-state index contributed by atoms with van der Waals surface area (Å²) >= 11 is 0. The van der Waals surface area contributed by atoms with Gasteiger partial charge in [0.25, 0.3) is 11.8 Å². The minimum absolute atomic E-state index is 0.0277. The SMILES string of the molecule is COC(=O)C12CCC(CCN3CCc4c(nc(C(=O)Nc5cccc(-c6cccc7c6CCN7C(=O)c6cc7n(n6)CCCC7NCCNC(C)=O)c5C)n4C)C3)(CC1)C2. The predicted octanol–water partition coefficient (Wildman–Crippen LogP) is 5.48. The predicted molar refractivity (Wildman–Crippen MR) is 228 cm³/mol. The fourth-order valence-corrected chi connectivity index (χ4v) is 11.1. The number of benzene rings is 2. The van der Waals surface area contributed by atoms with Crippen molar-refractivity contribution in [1.29, 1.82) is 0 Å². The van der Waals surface area contributed by atoms with Crippen molar-refractivity contribution in [1.82, 2.24) is 34.9 Å². The smallest absolute Gasteiger partial charge is 0.311 e. The maximum Gasteiger partial charge on any atom is 0.311 e. The second-order valence-corrected chi connectivity index (χ2v) is 17.9. The number of aryl methyl sites for hydroxylation is 1. The highest BCUT2D eigenvalue weighted by molar-refractivity contribution is 6.07. The van der Waals surface area contributed by atoms with E-state index in [4.69, 9.17) is 14.8 Å². The Kier molecular flexibility index (Phi) is 10.6. The van der Waals surface area contributed by atoms with Gasteiger partial charge in [0.2, 0.25) is 5.91 Å². The summed E-state index contributed by atoms with van der Waals surface area (Å²) in [6.07, 6.45) is 9.54. The third-order valence-corrected chi connectivity index (χ3v) is 14.4. The van der Waals surface area contributed by atoms with Crippen LogP contribution >= 0.6 is 0 Å².